The molecule has 0 spiro atoms. The van der Waals surface area contributed by atoms with E-state index in [4.69, 9.17) is 4.98 Å². The van der Waals surface area contributed by atoms with E-state index in [9.17, 15) is 13.2 Å². The van der Waals surface area contributed by atoms with Crippen LogP contribution in [0.15, 0.2) is 41.3 Å². The summed E-state index contributed by atoms with van der Waals surface area (Å²) in [5.41, 5.74) is 0.876. The molecular formula is C21H27N5O3S. The van der Waals surface area contributed by atoms with E-state index in [0.717, 1.165) is 17.3 Å². The molecule has 9 heteroatoms. The maximum absolute atomic E-state index is 12.9. The molecule has 0 saturated carbocycles. The lowest BCUT2D eigenvalue weighted by molar-refractivity contribution is -0.126. The van der Waals surface area contributed by atoms with E-state index in [1.54, 1.807) is 33.5 Å². The Morgan fingerprint density at radius 2 is 1.77 bits per heavy atom. The maximum Gasteiger partial charge on any atom is 0.243 e. The monoisotopic (exact) mass is 429 g/mol. The zero-order chi connectivity index (χ0) is 21.3. The minimum absolute atomic E-state index is 0.0647. The molecule has 2 saturated heterocycles. The highest BCUT2D eigenvalue weighted by Gasteiger charge is 2.33. The van der Waals surface area contributed by atoms with Crippen molar-refractivity contribution in [3.63, 3.8) is 0 Å². The van der Waals surface area contributed by atoms with Crippen molar-refractivity contribution in [1.82, 2.24) is 19.2 Å². The summed E-state index contributed by atoms with van der Waals surface area (Å²) >= 11 is 0. The maximum atomic E-state index is 12.9. The first-order valence-corrected chi connectivity index (χ1v) is 11.7. The molecule has 2 fully saturated rings. The van der Waals surface area contributed by atoms with Gasteiger partial charge in [0.25, 0.3) is 0 Å². The third kappa shape index (κ3) is 4.04. The number of likely N-dealkylation sites (tertiary alicyclic amines) is 1. The minimum Gasteiger partial charge on any atom is -0.373 e. The lowest BCUT2D eigenvalue weighted by Gasteiger charge is -2.30. The number of anilines is 1. The Balaban J connectivity index is 1.51. The Labute approximate surface area is 177 Å². The van der Waals surface area contributed by atoms with Crippen molar-refractivity contribution in [2.75, 3.05) is 39.0 Å². The zero-order valence-electron chi connectivity index (χ0n) is 17.3. The van der Waals surface area contributed by atoms with Crippen LogP contribution in [-0.4, -0.2) is 67.2 Å². The molecule has 2 aromatic rings. The number of hydrogen-bond acceptors (Lipinski definition) is 6. The highest BCUT2D eigenvalue weighted by Crippen LogP contribution is 2.32. The van der Waals surface area contributed by atoms with Crippen LogP contribution in [0.4, 0.5) is 5.82 Å². The molecule has 0 radical (unpaired) electrons. The molecule has 8 nitrogen and oxygen atoms in total. The van der Waals surface area contributed by atoms with Crippen molar-refractivity contribution < 1.29 is 13.2 Å². The summed E-state index contributed by atoms with van der Waals surface area (Å²) in [7, 11) is 0.151. The van der Waals surface area contributed by atoms with Gasteiger partial charge in [-0.25, -0.2) is 18.4 Å². The first-order chi connectivity index (χ1) is 14.4. The van der Waals surface area contributed by atoms with Crippen LogP contribution in [0.5, 0.6) is 0 Å². The van der Waals surface area contributed by atoms with Gasteiger partial charge in [0.15, 0.2) is 0 Å². The number of carbonyl (C=O) groups is 1. The van der Waals surface area contributed by atoms with Gasteiger partial charge in [-0.15, -0.1) is 0 Å². The lowest BCUT2D eigenvalue weighted by Crippen LogP contribution is -2.38. The number of amides is 1. The summed E-state index contributed by atoms with van der Waals surface area (Å²) in [4.78, 5) is 23.5. The average Bonchev–Trinajstić information content (AvgIpc) is 3.12. The lowest BCUT2D eigenvalue weighted by atomic mass is 9.96. The molecule has 1 atom stereocenters. The van der Waals surface area contributed by atoms with Crippen molar-refractivity contribution >= 4 is 21.7 Å². The fourth-order valence-corrected chi connectivity index (χ4v) is 5.65. The number of nitrogens with one attached hydrogen (secondary N) is 1. The van der Waals surface area contributed by atoms with Gasteiger partial charge in [0.2, 0.25) is 15.9 Å². The van der Waals surface area contributed by atoms with Crippen LogP contribution in [0.3, 0.4) is 0 Å². The van der Waals surface area contributed by atoms with Crippen molar-refractivity contribution in [1.29, 1.82) is 0 Å². The molecule has 3 heterocycles. The molecule has 1 amide bonds. The standard InChI is InChI=1S/C21H27N5O3S/c1-22-19-13-18(16-12-20(27)25(2)14-16)23-21(24-19)15-8-10-26(11-9-15)30(28,29)17-6-4-3-5-7-17/h3-7,13,15-16H,8-12,14H2,1-2H3,(H,22,23,24). The van der Waals surface area contributed by atoms with E-state index in [2.05, 4.69) is 10.3 Å². The molecular weight excluding hydrogens is 402 g/mol. The Kier molecular flexibility index (Phi) is 5.75. The summed E-state index contributed by atoms with van der Waals surface area (Å²) in [6, 6.07) is 10.5. The highest BCUT2D eigenvalue weighted by molar-refractivity contribution is 7.89. The number of hydrogen-bond donors (Lipinski definition) is 1. The topological polar surface area (TPSA) is 95.5 Å². The van der Waals surface area contributed by atoms with Crippen LogP contribution in [0.25, 0.3) is 0 Å². The molecule has 1 N–H and O–H groups in total. The largest absolute Gasteiger partial charge is 0.373 e. The number of carbonyl (C=O) groups excluding carboxylic acids is 1. The van der Waals surface area contributed by atoms with Crippen LogP contribution >= 0.6 is 0 Å². The number of sulfonamides is 1. The van der Waals surface area contributed by atoms with Crippen LogP contribution in [0.1, 0.15) is 42.6 Å². The Morgan fingerprint density at radius 3 is 2.37 bits per heavy atom. The second-order valence-electron chi connectivity index (χ2n) is 7.95. The zero-order valence-corrected chi connectivity index (χ0v) is 18.1. The van der Waals surface area contributed by atoms with Crippen LogP contribution in [-0.2, 0) is 14.8 Å². The van der Waals surface area contributed by atoms with Gasteiger partial charge in [-0.2, -0.15) is 4.31 Å². The molecule has 4 rings (SSSR count). The molecule has 1 aromatic heterocycles. The van der Waals surface area contributed by atoms with E-state index in [-0.39, 0.29) is 17.7 Å². The number of aromatic nitrogens is 2. The van der Waals surface area contributed by atoms with Crippen LogP contribution in [0.2, 0.25) is 0 Å². The molecule has 0 aliphatic carbocycles. The van der Waals surface area contributed by atoms with Gasteiger partial charge in [0.1, 0.15) is 11.6 Å². The molecule has 1 unspecified atom stereocenters. The van der Waals surface area contributed by atoms with E-state index in [0.29, 0.717) is 43.8 Å². The van der Waals surface area contributed by atoms with Gasteiger partial charge in [-0.1, -0.05) is 18.2 Å². The quantitative estimate of drug-likeness (QED) is 0.781. The number of piperidine rings is 1. The second-order valence-corrected chi connectivity index (χ2v) is 9.89. The number of nitrogens with zero attached hydrogens (tertiary/aromatic N) is 4. The van der Waals surface area contributed by atoms with Gasteiger partial charge < -0.3 is 10.2 Å². The van der Waals surface area contributed by atoms with E-state index in [1.165, 1.54) is 0 Å². The van der Waals surface area contributed by atoms with Gasteiger partial charge in [-0.3, -0.25) is 4.79 Å². The Bertz CT molecular complexity index is 1020. The summed E-state index contributed by atoms with van der Waals surface area (Å²) in [5, 5.41) is 3.09. The van der Waals surface area contributed by atoms with Crippen molar-refractivity contribution in [2.24, 2.45) is 0 Å². The Morgan fingerprint density at radius 1 is 1.07 bits per heavy atom. The van der Waals surface area contributed by atoms with Gasteiger partial charge in [0.05, 0.1) is 10.6 Å². The summed E-state index contributed by atoms with van der Waals surface area (Å²) in [6.45, 7) is 1.54. The van der Waals surface area contributed by atoms with Crippen LogP contribution in [0, 0.1) is 0 Å². The van der Waals surface area contributed by atoms with E-state index >= 15 is 0 Å². The first-order valence-electron chi connectivity index (χ1n) is 10.2. The number of likely N-dealkylation sites (N-methyl/N-ethyl adjacent to an activating group) is 1. The normalized spacial score (nSPS) is 21.2. The van der Waals surface area contributed by atoms with Gasteiger partial charge in [-0.05, 0) is 25.0 Å². The first kappa shape index (κ1) is 20.7. The fourth-order valence-electron chi connectivity index (χ4n) is 4.16. The van der Waals surface area contributed by atoms with Crippen LogP contribution < -0.4 is 5.32 Å². The van der Waals surface area contributed by atoms with E-state index in [1.807, 2.05) is 26.2 Å². The third-order valence-corrected chi connectivity index (χ3v) is 7.89. The molecule has 2 aliphatic rings. The Hall–Kier alpha value is -2.52. The van der Waals surface area contributed by atoms with Gasteiger partial charge >= 0.3 is 0 Å². The third-order valence-electron chi connectivity index (χ3n) is 5.98. The predicted molar refractivity (Wildman–Crippen MR) is 114 cm³/mol. The fraction of sp³-hybridized carbons (Fsp3) is 0.476. The molecule has 30 heavy (non-hydrogen) atoms. The highest BCUT2D eigenvalue weighted by atomic mass is 32.2. The van der Waals surface area contributed by atoms with Crippen molar-refractivity contribution in [2.45, 2.75) is 36.0 Å². The van der Waals surface area contributed by atoms with Gasteiger partial charge in [0, 0.05) is 58.1 Å². The molecule has 0 bridgehead atoms. The molecule has 160 valence electrons. The average molecular weight is 430 g/mol. The number of benzene rings is 1. The second kappa shape index (κ2) is 8.31. The predicted octanol–water partition coefficient (Wildman–Crippen LogP) is 2.03. The van der Waals surface area contributed by atoms with Crippen molar-refractivity contribution in [3.05, 3.63) is 47.9 Å². The van der Waals surface area contributed by atoms with Crippen molar-refractivity contribution in [3.8, 4) is 0 Å². The summed E-state index contributed by atoms with van der Waals surface area (Å²) in [5.74, 6) is 1.75. The number of rotatable bonds is 5. The minimum atomic E-state index is -3.48. The van der Waals surface area contributed by atoms with E-state index < -0.39 is 10.0 Å². The molecule has 1 aromatic carbocycles. The molecule has 2 aliphatic heterocycles. The summed E-state index contributed by atoms with van der Waals surface area (Å²) < 4.78 is 27.3. The smallest absolute Gasteiger partial charge is 0.243 e. The summed E-state index contributed by atoms with van der Waals surface area (Å²) in [6.07, 6.45) is 1.80. The SMILES string of the molecule is CNc1cc(C2CC(=O)N(C)C2)nc(C2CCN(S(=O)(=O)c3ccccc3)CC2)n1.